The highest BCUT2D eigenvalue weighted by molar-refractivity contribution is 5.72. The van der Waals surface area contributed by atoms with Crippen molar-refractivity contribution in [3.05, 3.63) is 0 Å². The van der Waals surface area contributed by atoms with Crippen LogP contribution in [0.1, 0.15) is 65.2 Å². The van der Waals surface area contributed by atoms with Crippen LogP contribution in [0.3, 0.4) is 0 Å². The molecular weight excluding hydrogens is 448 g/mol. The van der Waals surface area contributed by atoms with Crippen LogP contribution < -0.4 is 0 Å². The van der Waals surface area contributed by atoms with Crippen molar-refractivity contribution in [3.8, 4) is 0 Å². The number of hydrogen-bond donors (Lipinski definition) is 1. The summed E-state index contributed by atoms with van der Waals surface area (Å²) in [5, 5.41) is 8.51. The first-order chi connectivity index (χ1) is 16.5. The van der Waals surface area contributed by atoms with E-state index >= 15 is 0 Å². The number of unbranched alkanes of at least 4 members (excludes halogenated alkanes) is 2. The molecule has 200 valence electrons. The van der Waals surface area contributed by atoms with Crippen LogP contribution in [0.2, 0.25) is 0 Å². The van der Waals surface area contributed by atoms with Gasteiger partial charge in [-0.1, -0.05) is 26.7 Å². The second-order valence-corrected chi connectivity index (χ2v) is 7.69. The largest absolute Gasteiger partial charge is 0.481 e. The van der Waals surface area contributed by atoms with Gasteiger partial charge in [0.15, 0.2) is 0 Å². The molecule has 0 bridgehead atoms. The van der Waals surface area contributed by atoms with E-state index in [2.05, 4.69) is 6.92 Å². The molecule has 0 saturated heterocycles. The number of hydrogen-bond acceptors (Lipinski definition) is 9. The molecule has 0 aromatic rings. The molecule has 0 aromatic heterocycles. The van der Waals surface area contributed by atoms with E-state index in [0.717, 1.165) is 25.7 Å². The van der Waals surface area contributed by atoms with Gasteiger partial charge >= 0.3 is 17.9 Å². The first-order valence-electron chi connectivity index (χ1n) is 12.4. The van der Waals surface area contributed by atoms with Crippen LogP contribution >= 0.6 is 0 Å². The Morgan fingerprint density at radius 1 is 0.647 bits per heavy atom. The minimum atomic E-state index is -0.862. The first kappa shape index (κ1) is 32.2. The van der Waals surface area contributed by atoms with Crippen LogP contribution in [0.15, 0.2) is 0 Å². The van der Waals surface area contributed by atoms with Crippen LogP contribution in [-0.2, 0) is 42.8 Å². The summed E-state index contributed by atoms with van der Waals surface area (Å²) in [6.07, 6.45) is 5.03. The summed E-state index contributed by atoms with van der Waals surface area (Å²) in [5.74, 6) is -1.36. The van der Waals surface area contributed by atoms with Crippen molar-refractivity contribution in [1.29, 1.82) is 0 Å². The van der Waals surface area contributed by atoms with Crippen LogP contribution in [0.4, 0.5) is 0 Å². The first-order valence-corrected chi connectivity index (χ1v) is 12.4. The summed E-state index contributed by atoms with van der Waals surface area (Å²) in [6.45, 7) is 7.69. The lowest BCUT2D eigenvalue weighted by molar-refractivity contribution is -0.150. The van der Waals surface area contributed by atoms with E-state index in [0.29, 0.717) is 59.1 Å². The Hall–Kier alpha value is -1.75. The lowest BCUT2D eigenvalue weighted by Crippen LogP contribution is -2.20. The zero-order valence-corrected chi connectivity index (χ0v) is 20.9. The Labute approximate surface area is 203 Å². The van der Waals surface area contributed by atoms with Crippen LogP contribution in [0, 0.1) is 5.92 Å². The SMILES string of the molecule is CCCCC(CC)C(=O)OCCOCCOCCOCCOCCOC(=O)CCCCC(=O)O. The third kappa shape index (κ3) is 22.1. The van der Waals surface area contributed by atoms with Crippen LogP contribution in [0.5, 0.6) is 0 Å². The fourth-order valence-corrected chi connectivity index (χ4v) is 2.85. The predicted molar refractivity (Wildman–Crippen MR) is 125 cm³/mol. The molecular formula is C24H44O10. The second kappa shape index (κ2) is 24.4. The molecule has 0 amide bonds. The van der Waals surface area contributed by atoms with E-state index in [4.69, 9.17) is 33.5 Å². The third-order valence-electron chi connectivity index (χ3n) is 4.83. The molecule has 0 aliphatic carbocycles. The number of aliphatic carboxylic acids is 1. The maximum absolute atomic E-state index is 11.9. The Bertz CT molecular complexity index is 512. The van der Waals surface area contributed by atoms with Gasteiger partial charge in [-0.25, -0.2) is 0 Å². The summed E-state index contributed by atoms with van der Waals surface area (Å²) in [4.78, 5) is 33.7. The zero-order valence-electron chi connectivity index (χ0n) is 20.9. The molecule has 0 aromatic carbocycles. The van der Waals surface area contributed by atoms with E-state index in [1.54, 1.807) is 0 Å². The predicted octanol–water partition coefficient (Wildman–Crippen LogP) is 3.00. The lowest BCUT2D eigenvalue weighted by Gasteiger charge is -2.13. The summed E-state index contributed by atoms with van der Waals surface area (Å²) < 4.78 is 31.7. The summed E-state index contributed by atoms with van der Waals surface area (Å²) in [6, 6.07) is 0. The minimum absolute atomic E-state index is 0.0145. The number of carbonyl (C=O) groups excluding carboxylic acids is 2. The molecule has 0 saturated carbocycles. The van der Waals surface area contributed by atoms with Crippen molar-refractivity contribution in [2.24, 2.45) is 5.92 Å². The zero-order chi connectivity index (χ0) is 25.3. The van der Waals surface area contributed by atoms with Crippen LogP contribution in [-0.4, -0.2) is 89.1 Å². The molecule has 10 heteroatoms. The fourth-order valence-electron chi connectivity index (χ4n) is 2.85. The number of rotatable bonds is 25. The topological polar surface area (TPSA) is 127 Å². The van der Waals surface area contributed by atoms with Crippen molar-refractivity contribution in [2.75, 3.05) is 66.1 Å². The van der Waals surface area contributed by atoms with Crippen LogP contribution in [0.25, 0.3) is 0 Å². The Kier molecular flexibility index (Phi) is 23.1. The smallest absolute Gasteiger partial charge is 0.308 e. The number of ether oxygens (including phenoxy) is 6. The van der Waals surface area contributed by atoms with Crippen molar-refractivity contribution in [2.45, 2.75) is 65.2 Å². The molecule has 0 aliphatic rings. The molecule has 1 unspecified atom stereocenters. The molecule has 10 nitrogen and oxygen atoms in total. The van der Waals surface area contributed by atoms with E-state index in [1.807, 2.05) is 6.92 Å². The minimum Gasteiger partial charge on any atom is -0.481 e. The van der Waals surface area contributed by atoms with Gasteiger partial charge in [0.1, 0.15) is 13.2 Å². The average Bonchev–Trinajstić information content (AvgIpc) is 2.81. The van der Waals surface area contributed by atoms with Gasteiger partial charge < -0.3 is 33.5 Å². The Balaban J connectivity index is 3.30. The molecule has 0 radical (unpaired) electrons. The highest BCUT2D eigenvalue weighted by atomic mass is 16.6. The monoisotopic (exact) mass is 492 g/mol. The van der Waals surface area contributed by atoms with Gasteiger partial charge in [-0.3, -0.25) is 14.4 Å². The Morgan fingerprint density at radius 2 is 1.12 bits per heavy atom. The second-order valence-electron chi connectivity index (χ2n) is 7.69. The molecule has 0 rings (SSSR count). The quantitative estimate of drug-likeness (QED) is 0.150. The average molecular weight is 493 g/mol. The number of esters is 2. The molecule has 0 aliphatic heterocycles. The van der Waals surface area contributed by atoms with Gasteiger partial charge in [-0.2, -0.15) is 0 Å². The maximum atomic E-state index is 11.9. The van der Waals surface area contributed by atoms with Gasteiger partial charge in [0.2, 0.25) is 0 Å². The number of carboxylic acid groups (broad SMARTS) is 1. The molecule has 1 N–H and O–H groups in total. The van der Waals surface area contributed by atoms with E-state index in [-0.39, 0.29) is 50.5 Å². The number of carboxylic acids is 1. The van der Waals surface area contributed by atoms with E-state index in [1.165, 1.54) is 0 Å². The summed E-state index contributed by atoms with van der Waals surface area (Å²) in [7, 11) is 0. The van der Waals surface area contributed by atoms with Crippen molar-refractivity contribution in [3.63, 3.8) is 0 Å². The molecule has 34 heavy (non-hydrogen) atoms. The van der Waals surface area contributed by atoms with Crippen molar-refractivity contribution >= 4 is 17.9 Å². The summed E-state index contributed by atoms with van der Waals surface area (Å²) in [5.41, 5.74) is 0. The van der Waals surface area contributed by atoms with Crippen molar-refractivity contribution in [1.82, 2.24) is 0 Å². The van der Waals surface area contributed by atoms with Gasteiger partial charge in [0.05, 0.1) is 58.8 Å². The lowest BCUT2D eigenvalue weighted by atomic mass is 10.00. The van der Waals surface area contributed by atoms with Gasteiger partial charge in [0.25, 0.3) is 0 Å². The van der Waals surface area contributed by atoms with E-state index < -0.39 is 5.97 Å². The normalized spacial score (nSPS) is 11.8. The summed E-state index contributed by atoms with van der Waals surface area (Å²) >= 11 is 0. The molecule has 1 atom stereocenters. The fraction of sp³-hybridized carbons (Fsp3) is 0.875. The highest BCUT2D eigenvalue weighted by Gasteiger charge is 2.16. The Morgan fingerprint density at radius 3 is 1.59 bits per heavy atom. The highest BCUT2D eigenvalue weighted by Crippen LogP contribution is 2.14. The standard InChI is InChI=1S/C24H44O10/c1-3-5-8-21(4-2)24(28)34-20-18-32-16-14-30-12-11-29-13-15-31-17-19-33-23(27)10-7-6-9-22(25)26/h21H,3-20H2,1-2H3,(H,25,26). The van der Waals surface area contributed by atoms with Crippen molar-refractivity contribution < 1.29 is 47.9 Å². The molecule has 0 fully saturated rings. The number of carbonyl (C=O) groups is 3. The van der Waals surface area contributed by atoms with E-state index in [9.17, 15) is 14.4 Å². The molecule has 0 heterocycles. The third-order valence-corrected chi connectivity index (χ3v) is 4.83. The molecule has 0 spiro atoms. The maximum Gasteiger partial charge on any atom is 0.308 e. The van der Waals surface area contributed by atoms with Gasteiger partial charge in [-0.05, 0) is 25.7 Å². The van der Waals surface area contributed by atoms with Gasteiger partial charge in [-0.15, -0.1) is 0 Å². The van der Waals surface area contributed by atoms with Gasteiger partial charge in [0, 0.05) is 12.8 Å².